The molecule has 0 aliphatic rings. The first-order valence-corrected chi connectivity index (χ1v) is 6.45. The fourth-order valence-electron chi connectivity index (χ4n) is 1.75. The minimum Gasteiger partial charge on any atom is -0.0654 e. The summed E-state index contributed by atoms with van der Waals surface area (Å²) in [6.45, 7) is 7.58. The van der Waals surface area contributed by atoms with E-state index in [1.165, 1.54) is 64.2 Å². The van der Waals surface area contributed by atoms with E-state index in [1.54, 1.807) is 6.08 Å². The van der Waals surface area contributed by atoms with Gasteiger partial charge in [0.2, 0.25) is 6.58 Å². The highest BCUT2D eigenvalue weighted by Crippen LogP contribution is 2.11. The zero-order valence-electron chi connectivity index (χ0n) is 9.93. The van der Waals surface area contributed by atoms with Gasteiger partial charge in [0.1, 0.15) is 0 Å². The number of rotatable bonds is 11. The standard InChI is InChI=1S/C14H27/c1-3-5-7-9-11-13-14-12-10-8-6-4-2/h1,3H,4-14H2,2H3/q+1. The van der Waals surface area contributed by atoms with E-state index in [0.29, 0.717) is 0 Å². The molecular weight excluding hydrogens is 168 g/mol. The summed E-state index contributed by atoms with van der Waals surface area (Å²) in [4.78, 5) is 0. The van der Waals surface area contributed by atoms with Crippen molar-refractivity contribution in [2.24, 2.45) is 0 Å². The molecule has 0 aliphatic carbocycles. The summed E-state index contributed by atoms with van der Waals surface area (Å²) < 4.78 is 0. The maximum Gasteiger partial charge on any atom is 0.201 e. The van der Waals surface area contributed by atoms with E-state index in [-0.39, 0.29) is 0 Å². The first-order chi connectivity index (χ1) is 6.91. The Kier molecular flexibility index (Phi) is 12.3. The summed E-state index contributed by atoms with van der Waals surface area (Å²) in [6.07, 6.45) is 16.9. The van der Waals surface area contributed by atoms with E-state index in [9.17, 15) is 0 Å². The molecule has 0 radical (unpaired) electrons. The van der Waals surface area contributed by atoms with Gasteiger partial charge in [0.25, 0.3) is 0 Å². The largest absolute Gasteiger partial charge is 0.201 e. The Morgan fingerprint density at radius 1 is 0.714 bits per heavy atom. The van der Waals surface area contributed by atoms with Crippen molar-refractivity contribution in [3.8, 4) is 0 Å². The minimum atomic E-state index is 1.09. The third kappa shape index (κ3) is 11.6. The zero-order chi connectivity index (χ0) is 10.5. The van der Waals surface area contributed by atoms with Crippen LogP contribution in [0.1, 0.15) is 77.6 Å². The average Bonchev–Trinajstić information content (AvgIpc) is 2.21. The van der Waals surface area contributed by atoms with Crippen molar-refractivity contribution in [2.45, 2.75) is 77.6 Å². The lowest BCUT2D eigenvalue weighted by Crippen LogP contribution is -1.81. The van der Waals surface area contributed by atoms with Crippen LogP contribution in [-0.4, -0.2) is 0 Å². The van der Waals surface area contributed by atoms with Crippen LogP contribution >= 0.6 is 0 Å². The molecule has 82 valence electrons. The van der Waals surface area contributed by atoms with Gasteiger partial charge >= 0.3 is 0 Å². The molecule has 0 bridgehead atoms. The SMILES string of the molecule is [CH+]=CCCCCCCCCCCCC. The Labute approximate surface area is 90.8 Å². The van der Waals surface area contributed by atoms with E-state index >= 15 is 0 Å². The molecule has 0 N–H and O–H groups in total. The van der Waals surface area contributed by atoms with Crippen molar-refractivity contribution < 1.29 is 0 Å². The molecule has 0 rings (SSSR count). The third-order valence-corrected chi connectivity index (χ3v) is 2.72. The monoisotopic (exact) mass is 195 g/mol. The molecule has 0 nitrogen and oxygen atoms in total. The maximum atomic E-state index is 5.31. The van der Waals surface area contributed by atoms with Crippen LogP contribution in [0.15, 0.2) is 6.08 Å². The van der Waals surface area contributed by atoms with Crippen LogP contribution in [-0.2, 0) is 0 Å². The number of unbranched alkanes of at least 4 members (excludes halogenated alkanes) is 10. The molecule has 0 spiro atoms. The summed E-state index contributed by atoms with van der Waals surface area (Å²) in [6, 6.07) is 0. The van der Waals surface area contributed by atoms with Crippen molar-refractivity contribution in [1.29, 1.82) is 0 Å². The molecular formula is C14H27+. The highest BCUT2D eigenvalue weighted by atomic mass is 14.0. The molecule has 0 unspecified atom stereocenters. The predicted octanol–water partition coefficient (Wildman–Crippen LogP) is 5.29. The van der Waals surface area contributed by atoms with Gasteiger partial charge < -0.3 is 0 Å². The van der Waals surface area contributed by atoms with Crippen molar-refractivity contribution in [2.75, 3.05) is 0 Å². The molecule has 0 heteroatoms. The predicted molar refractivity (Wildman–Crippen MR) is 65.3 cm³/mol. The lowest BCUT2D eigenvalue weighted by molar-refractivity contribution is 0.557. The topological polar surface area (TPSA) is 0 Å². The van der Waals surface area contributed by atoms with Crippen molar-refractivity contribution in [3.63, 3.8) is 0 Å². The fourth-order valence-corrected chi connectivity index (χ4v) is 1.75. The summed E-state index contributed by atoms with van der Waals surface area (Å²) in [7, 11) is 0. The van der Waals surface area contributed by atoms with Gasteiger partial charge in [-0.2, -0.15) is 0 Å². The van der Waals surface area contributed by atoms with Gasteiger partial charge in [-0.25, -0.2) is 0 Å². The summed E-state index contributed by atoms with van der Waals surface area (Å²) in [5.41, 5.74) is 0. The van der Waals surface area contributed by atoms with Gasteiger partial charge in [-0.05, 0) is 6.42 Å². The van der Waals surface area contributed by atoms with E-state index in [4.69, 9.17) is 6.58 Å². The summed E-state index contributed by atoms with van der Waals surface area (Å²) in [5.74, 6) is 0. The van der Waals surface area contributed by atoms with Gasteiger partial charge in [0.15, 0.2) is 6.08 Å². The van der Waals surface area contributed by atoms with Crippen LogP contribution in [0.25, 0.3) is 0 Å². The molecule has 0 atom stereocenters. The van der Waals surface area contributed by atoms with Crippen molar-refractivity contribution in [3.05, 3.63) is 12.7 Å². The molecule has 0 heterocycles. The smallest absolute Gasteiger partial charge is 0.0654 e. The van der Waals surface area contributed by atoms with Gasteiger partial charge in [-0.3, -0.25) is 0 Å². The Balaban J connectivity index is 2.81. The minimum absolute atomic E-state index is 1.09. The molecule has 0 fully saturated rings. The van der Waals surface area contributed by atoms with Crippen LogP contribution in [0.4, 0.5) is 0 Å². The second kappa shape index (κ2) is 12.7. The van der Waals surface area contributed by atoms with E-state index in [0.717, 1.165) is 6.42 Å². The maximum absolute atomic E-state index is 5.31. The molecule has 0 saturated heterocycles. The number of hydrogen-bond acceptors (Lipinski definition) is 0. The first kappa shape index (κ1) is 13.7. The first-order valence-electron chi connectivity index (χ1n) is 6.45. The van der Waals surface area contributed by atoms with Crippen LogP contribution in [0, 0.1) is 6.58 Å². The average molecular weight is 195 g/mol. The lowest BCUT2D eigenvalue weighted by Gasteiger charge is -2.00. The van der Waals surface area contributed by atoms with Crippen LogP contribution in [0.2, 0.25) is 0 Å². The van der Waals surface area contributed by atoms with Crippen LogP contribution < -0.4 is 0 Å². The Bertz CT molecular complexity index is 105. The molecule has 0 amide bonds. The second-order valence-electron chi connectivity index (χ2n) is 4.21. The van der Waals surface area contributed by atoms with Crippen molar-refractivity contribution in [1.82, 2.24) is 0 Å². The normalized spacial score (nSPS) is 10.3. The molecule has 0 saturated carbocycles. The fraction of sp³-hybridized carbons (Fsp3) is 0.857. The lowest BCUT2D eigenvalue weighted by atomic mass is 10.1. The highest BCUT2D eigenvalue weighted by Gasteiger charge is 1.92. The Hall–Kier alpha value is -0.350. The van der Waals surface area contributed by atoms with Crippen LogP contribution in [0.3, 0.4) is 0 Å². The number of hydrogen-bond donors (Lipinski definition) is 0. The van der Waals surface area contributed by atoms with Crippen LogP contribution in [0.5, 0.6) is 0 Å². The van der Waals surface area contributed by atoms with Gasteiger partial charge in [0.05, 0.1) is 0 Å². The van der Waals surface area contributed by atoms with Crippen molar-refractivity contribution >= 4 is 0 Å². The summed E-state index contributed by atoms with van der Waals surface area (Å²) in [5, 5.41) is 0. The van der Waals surface area contributed by atoms with E-state index < -0.39 is 0 Å². The Morgan fingerprint density at radius 3 is 1.57 bits per heavy atom. The highest BCUT2D eigenvalue weighted by molar-refractivity contribution is 4.61. The van der Waals surface area contributed by atoms with E-state index in [2.05, 4.69) is 6.92 Å². The number of allylic oxidation sites excluding steroid dienone is 1. The molecule has 0 aromatic rings. The summed E-state index contributed by atoms with van der Waals surface area (Å²) >= 11 is 0. The molecule has 0 aromatic carbocycles. The second-order valence-corrected chi connectivity index (χ2v) is 4.21. The zero-order valence-corrected chi connectivity index (χ0v) is 9.93. The van der Waals surface area contributed by atoms with Gasteiger partial charge in [-0.15, -0.1) is 0 Å². The van der Waals surface area contributed by atoms with Gasteiger partial charge in [-0.1, -0.05) is 64.7 Å². The molecule has 14 heavy (non-hydrogen) atoms. The third-order valence-electron chi connectivity index (χ3n) is 2.72. The molecule has 0 aromatic heterocycles. The quantitative estimate of drug-likeness (QED) is 0.310. The Morgan fingerprint density at radius 2 is 1.14 bits per heavy atom. The molecule has 0 aliphatic heterocycles. The van der Waals surface area contributed by atoms with Gasteiger partial charge in [0, 0.05) is 6.42 Å². The van der Waals surface area contributed by atoms with E-state index in [1.807, 2.05) is 0 Å².